The number of aromatic nitrogens is 2. The molecule has 34 heavy (non-hydrogen) atoms. The second-order valence-corrected chi connectivity index (χ2v) is 9.65. The van der Waals surface area contributed by atoms with Crippen LogP contribution in [0.25, 0.3) is 0 Å². The van der Waals surface area contributed by atoms with Gasteiger partial charge in [0.1, 0.15) is 0 Å². The lowest BCUT2D eigenvalue weighted by molar-refractivity contribution is -0.116. The molecule has 1 aromatic carbocycles. The summed E-state index contributed by atoms with van der Waals surface area (Å²) >= 11 is 5.76. The molecule has 1 amide bonds. The molecule has 7 heteroatoms. The normalized spacial score (nSPS) is 20.5. The fraction of sp³-hybridized carbons (Fsp3) is 0.370. The zero-order chi connectivity index (χ0) is 23.5. The van der Waals surface area contributed by atoms with E-state index in [0.717, 1.165) is 16.9 Å². The van der Waals surface area contributed by atoms with Gasteiger partial charge in [0.25, 0.3) is 0 Å². The number of anilines is 1. The highest BCUT2D eigenvalue weighted by Gasteiger charge is 2.40. The predicted octanol–water partition coefficient (Wildman–Crippen LogP) is 5.31. The number of hydrogen-bond acceptors (Lipinski definition) is 3. The Labute approximate surface area is 206 Å². The standard InChI is InChI=1S/C27H31N5OS/c1-19-8-2-5-11-22(19)29-24(33)14-17-32-26(20-13-16-31(18-20)21-9-3-4-10-21)25(30-27(32)34)23-12-6-7-15-28-23/h2,5-8,11-13,15-16,18,21,25-26H,3-4,9-10,14,17H2,1H3,(H,29,33)(H,30,34)/t25-,26+/m0/s1. The van der Waals surface area contributed by atoms with E-state index < -0.39 is 0 Å². The summed E-state index contributed by atoms with van der Waals surface area (Å²) in [6.45, 7) is 2.53. The van der Waals surface area contributed by atoms with Gasteiger partial charge in [-0.2, -0.15) is 0 Å². The smallest absolute Gasteiger partial charge is 0.226 e. The first-order chi connectivity index (χ1) is 16.6. The van der Waals surface area contributed by atoms with Crippen LogP contribution in [0.15, 0.2) is 67.1 Å². The van der Waals surface area contributed by atoms with Crippen molar-refractivity contribution >= 4 is 28.9 Å². The van der Waals surface area contributed by atoms with E-state index in [-0.39, 0.29) is 18.0 Å². The third-order valence-electron chi connectivity index (χ3n) is 7.02. The van der Waals surface area contributed by atoms with Crippen molar-refractivity contribution < 1.29 is 4.79 Å². The average Bonchev–Trinajstić information content (AvgIpc) is 3.60. The molecule has 2 atom stereocenters. The number of pyridine rings is 1. The van der Waals surface area contributed by atoms with Gasteiger partial charge in [-0.15, -0.1) is 0 Å². The SMILES string of the molecule is Cc1ccccc1NC(=O)CCN1C(=S)N[C@@H](c2ccccn2)[C@H]1c1ccn(C2CCCC2)c1. The van der Waals surface area contributed by atoms with E-state index in [9.17, 15) is 4.79 Å². The topological polar surface area (TPSA) is 62.2 Å². The lowest BCUT2D eigenvalue weighted by atomic mass is 9.99. The van der Waals surface area contributed by atoms with E-state index >= 15 is 0 Å². The highest BCUT2D eigenvalue weighted by Crippen LogP contribution is 2.40. The number of nitrogens with zero attached hydrogens (tertiary/aromatic N) is 3. The molecule has 3 heterocycles. The molecule has 3 aromatic rings. The van der Waals surface area contributed by atoms with Crippen molar-refractivity contribution in [2.24, 2.45) is 0 Å². The summed E-state index contributed by atoms with van der Waals surface area (Å²) < 4.78 is 2.36. The molecule has 1 aliphatic carbocycles. The minimum absolute atomic E-state index is 0.0133. The molecule has 6 nitrogen and oxygen atoms in total. The van der Waals surface area contributed by atoms with Gasteiger partial charge >= 0.3 is 0 Å². The first-order valence-corrected chi connectivity index (χ1v) is 12.5. The number of amides is 1. The van der Waals surface area contributed by atoms with Gasteiger partial charge in [0.2, 0.25) is 5.91 Å². The molecule has 2 N–H and O–H groups in total. The Hall–Kier alpha value is -3.19. The van der Waals surface area contributed by atoms with Crippen LogP contribution in [0.1, 0.15) is 67.1 Å². The number of thiocarbonyl (C=S) groups is 1. The molecular weight excluding hydrogens is 442 g/mol. The highest BCUT2D eigenvalue weighted by molar-refractivity contribution is 7.80. The monoisotopic (exact) mass is 473 g/mol. The Morgan fingerprint density at radius 1 is 1.15 bits per heavy atom. The lowest BCUT2D eigenvalue weighted by Crippen LogP contribution is -2.32. The summed E-state index contributed by atoms with van der Waals surface area (Å²) in [5.74, 6) is -0.0133. The van der Waals surface area contributed by atoms with Crippen LogP contribution >= 0.6 is 12.2 Å². The van der Waals surface area contributed by atoms with E-state index in [1.54, 1.807) is 0 Å². The maximum absolute atomic E-state index is 12.8. The quantitative estimate of drug-likeness (QED) is 0.456. The fourth-order valence-electron chi connectivity index (χ4n) is 5.19. The molecule has 0 unspecified atom stereocenters. The summed E-state index contributed by atoms with van der Waals surface area (Å²) in [5.41, 5.74) is 4.06. The number of rotatable bonds is 7. The highest BCUT2D eigenvalue weighted by atomic mass is 32.1. The molecule has 1 aliphatic heterocycles. The number of para-hydroxylation sites is 1. The summed E-state index contributed by atoms with van der Waals surface area (Å²) in [6.07, 6.45) is 11.7. The summed E-state index contributed by atoms with van der Waals surface area (Å²) in [5, 5.41) is 7.19. The Morgan fingerprint density at radius 2 is 1.94 bits per heavy atom. The molecular formula is C27H31N5OS. The maximum Gasteiger partial charge on any atom is 0.226 e. The third-order valence-corrected chi connectivity index (χ3v) is 7.37. The van der Waals surface area contributed by atoms with Gasteiger partial charge in [-0.05, 0) is 67.4 Å². The van der Waals surface area contributed by atoms with Crippen molar-refractivity contribution in [3.8, 4) is 0 Å². The number of aryl methyl sites for hydroxylation is 1. The summed E-state index contributed by atoms with van der Waals surface area (Å²) in [7, 11) is 0. The Kier molecular flexibility index (Phi) is 6.63. The first kappa shape index (κ1) is 22.6. The fourth-order valence-corrected chi connectivity index (χ4v) is 5.52. The van der Waals surface area contributed by atoms with Crippen LogP contribution in [0.2, 0.25) is 0 Å². The van der Waals surface area contributed by atoms with E-state index in [0.29, 0.717) is 24.1 Å². The van der Waals surface area contributed by atoms with E-state index in [2.05, 4.69) is 43.5 Å². The zero-order valence-electron chi connectivity index (χ0n) is 19.5. The van der Waals surface area contributed by atoms with E-state index in [1.165, 1.54) is 31.2 Å². The van der Waals surface area contributed by atoms with Crippen LogP contribution in [0.5, 0.6) is 0 Å². The molecule has 0 bridgehead atoms. The minimum atomic E-state index is -0.0624. The first-order valence-electron chi connectivity index (χ1n) is 12.1. The van der Waals surface area contributed by atoms with Crippen LogP contribution in [0.3, 0.4) is 0 Å². The molecule has 176 valence electrons. The molecule has 0 radical (unpaired) electrons. The van der Waals surface area contributed by atoms with Crippen LogP contribution in [-0.4, -0.2) is 32.0 Å². The zero-order valence-corrected chi connectivity index (χ0v) is 20.3. The molecule has 0 spiro atoms. The van der Waals surface area contributed by atoms with Crippen LogP contribution in [-0.2, 0) is 4.79 Å². The largest absolute Gasteiger partial charge is 0.352 e. The van der Waals surface area contributed by atoms with Gasteiger partial charge < -0.3 is 20.1 Å². The van der Waals surface area contributed by atoms with Crippen molar-refractivity contribution in [3.05, 3.63) is 83.9 Å². The maximum atomic E-state index is 12.8. The van der Waals surface area contributed by atoms with Gasteiger partial charge in [-0.3, -0.25) is 9.78 Å². The van der Waals surface area contributed by atoms with Crippen molar-refractivity contribution in [1.29, 1.82) is 0 Å². The minimum Gasteiger partial charge on any atom is -0.352 e. The molecule has 5 rings (SSSR count). The van der Waals surface area contributed by atoms with Crippen molar-refractivity contribution in [3.63, 3.8) is 0 Å². The van der Waals surface area contributed by atoms with Crippen molar-refractivity contribution in [1.82, 2.24) is 19.8 Å². The second-order valence-electron chi connectivity index (χ2n) is 9.26. The Bertz CT molecular complexity index is 1150. The third kappa shape index (κ3) is 4.71. The van der Waals surface area contributed by atoms with E-state index in [1.807, 2.05) is 55.6 Å². The number of carbonyl (C=O) groups excluding carboxylic acids is 1. The van der Waals surface area contributed by atoms with Crippen LogP contribution < -0.4 is 10.6 Å². The molecule has 2 aliphatic rings. The lowest BCUT2D eigenvalue weighted by Gasteiger charge is -2.27. The van der Waals surface area contributed by atoms with Crippen LogP contribution in [0, 0.1) is 6.92 Å². The second kappa shape index (κ2) is 9.97. The Morgan fingerprint density at radius 3 is 2.71 bits per heavy atom. The number of carbonyl (C=O) groups is 1. The van der Waals surface area contributed by atoms with Gasteiger partial charge in [0, 0.05) is 43.3 Å². The average molecular weight is 474 g/mol. The molecule has 1 saturated carbocycles. The number of nitrogens with one attached hydrogen (secondary N) is 2. The van der Waals surface area contributed by atoms with Crippen molar-refractivity contribution in [2.45, 2.75) is 57.2 Å². The summed E-state index contributed by atoms with van der Waals surface area (Å²) in [4.78, 5) is 19.6. The van der Waals surface area contributed by atoms with Gasteiger partial charge in [-0.25, -0.2) is 0 Å². The van der Waals surface area contributed by atoms with E-state index in [4.69, 9.17) is 12.2 Å². The van der Waals surface area contributed by atoms with Crippen LogP contribution in [0.4, 0.5) is 5.69 Å². The predicted molar refractivity (Wildman–Crippen MR) is 139 cm³/mol. The number of benzene rings is 1. The summed E-state index contributed by atoms with van der Waals surface area (Å²) in [6, 6.07) is 16.5. The van der Waals surface area contributed by atoms with Gasteiger partial charge in [-0.1, -0.05) is 37.1 Å². The van der Waals surface area contributed by atoms with Gasteiger partial charge in [0.15, 0.2) is 5.11 Å². The Balaban J connectivity index is 1.36. The molecule has 1 saturated heterocycles. The molecule has 2 fully saturated rings. The number of hydrogen-bond donors (Lipinski definition) is 2. The van der Waals surface area contributed by atoms with Gasteiger partial charge in [0.05, 0.1) is 17.8 Å². The molecule has 2 aromatic heterocycles. The van der Waals surface area contributed by atoms with Crippen molar-refractivity contribution in [2.75, 3.05) is 11.9 Å².